The van der Waals surface area contributed by atoms with Crippen LogP contribution in [0, 0.1) is 10.1 Å². The van der Waals surface area contributed by atoms with Gasteiger partial charge < -0.3 is 26.6 Å². The molecule has 0 unspecified atom stereocenters. The van der Waals surface area contributed by atoms with E-state index in [4.69, 9.17) is 21.0 Å². The number of nitrogens with zero attached hydrogens (tertiary/aromatic N) is 5. The van der Waals surface area contributed by atoms with Gasteiger partial charge in [-0.25, -0.2) is 19.0 Å². The fourth-order valence-corrected chi connectivity index (χ4v) is 6.74. The molecule has 2 amide bonds. The molecule has 0 bridgehead atoms. The number of carboxylic acids is 2. The van der Waals surface area contributed by atoms with Gasteiger partial charge in [-0.1, -0.05) is 42.5 Å². The molecular weight excluding hydrogens is 793 g/mol. The van der Waals surface area contributed by atoms with Crippen LogP contribution in [0.3, 0.4) is 0 Å². The van der Waals surface area contributed by atoms with Crippen LogP contribution >= 0.6 is 0 Å². The number of non-ortho nitro benzene ring substituents is 1. The third-order valence-corrected chi connectivity index (χ3v) is 9.93. The smallest absolute Gasteiger partial charge is 0.335 e. The number of para-hydroxylation sites is 1. The zero-order valence-corrected chi connectivity index (χ0v) is 33.1. The van der Waals surface area contributed by atoms with Crippen molar-refractivity contribution in [3.8, 4) is 33.9 Å². The lowest BCUT2D eigenvalue weighted by Crippen LogP contribution is -2.26. The number of rotatable bonds is 13. The van der Waals surface area contributed by atoms with Gasteiger partial charge in [-0.05, 0) is 105 Å². The highest BCUT2D eigenvalue weighted by atomic mass is 16.6. The van der Waals surface area contributed by atoms with E-state index in [1.165, 1.54) is 24.3 Å². The van der Waals surface area contributed by atoms with Crippen molar-refractivity contribution >= 4 is 51.2 Å². The highest BCUT2D eigenvalue weighted by Gasteiger charge is 2.19. The Balaban J connectivity index is 0.000000187. The zero-order valence-electron chi connectivity index (χ0n) is 33.1. The Morgan fingerprint density at radius 3 is 1.61 bits per heavy atom. The third-order valence-electron chi connectivity index (χ3n) is 9.93. The number of hydrogen-bond donors (Lipinski definition) is 5. The Bertz CT molecular complexity index is 2960. The Morgan fingerprint density at radius 1 is 0.629 bits per heavy atom. The number of nitro benzene ring substituents is 1. The number of nitrogens with two attached hydrogens (primary N) is 1. The molecule has 0 saturated carbocycles. The molecule has 0 aliphatic rings. The molecule has 0 spiro atoms. The zero-order chi connectivity index (χ0) is 43.9. The number of carbonyl (C=O) groups is 4. The molecule has 2 heterocycles. The number of fused-ring (bicyclic) bond motifs is 2. The fraction of sp³-hybridized carbons (Fsp3) is 0.0870. The summed E-state index contributed by atoms with van der Waals surface area (Å²) in [5, 5.41) is 46.4. The molecule has 6 aromatic carbocycles. The van der Waals surface area contributed by atoms with Crippen molar-refractivity contribution in [2.24, 2.45) is 5.73 Å². The van der Waals surface area contributed by atoms with E-state index in [0.29, 0.717) is 45.5 Å². The van der Waals surface area contributed by atoms with E-state index < -0.39 is 22.8 Å². The summed E-state index contributed by atoms with van der Waals surface area (Å²) >= 11 is 0. The Labute approximate surface area is 353 Å². The van der Waals surface area contributed by atoms with Crippen LogP contribution in [0.1, 0.15) is 47.9 Å². The molecule has 2 aromatic heterocycles. The standard InChI is InChI=1S/C25H24N4O3.C21H14N4O5/c1-26-15-4-16-27-24(30)18-9-7-17(8-10-18)23-21-5-2-3-6-22(21)29(28-23)20-13-11-19(12-14-20)25(31)32;22-20(26)13-3-1-12(2-4-13)19-17-11-16(25(29)30)9-10-18(17)24(23-19)15-7-5-14(6-8-15)21(27)28/h2-3,5-14,26H,4,15-16H2,1H3,(H,27,30)(H,31,32);1-11H,(H2,22,26)(H,27,28). The fourth-order valence-electron chi connectivity index (χ4n) is 6.74. The molecule has 0 saturated heterocycles. The largest absolute Gasteiger partial charge is 0.478 e. The maximum Gasteiger partial charge on any atom is 0.335 e. The first-order valence-corrected chi connectivity index (χ1v) is 19.2. The molecular formula is C46H38N8O8. The van der Waals surface area contributed by atoms with E-state index in [0.717, 1.165) is 40.8 Å². The van der Waals surface area contributed by atoms with Crippen LogP contribution in [-0.4, -0.2) is 78.6 Å². The molecule has 16 nitrogen and oxygen atoms in total. The van der Waals surface area contributed by atoms with Gasteiger partial charge in [0.15, 0.2) is 0 Å². The summed E-state index contributed by atoms with van der Waals surface area (Å²) in [4.78, 5) is 56.7. The van der Waals surface area contributed by atoms with Crippen LogP contribution in [0.15, 0.2) is 140 Å². The Hall–Kier alpha value is -8.50. The van der Waals surface area contributed by atoms with Gasteiger partial charge in [-0.3, -0.25) is 19.7 Å². The summed E-state index contributed by atoms with van der Waals surface area (Å²) in [6.45, 7) is 1.48. The molecule has 0 atom stereocenters. The number of hydrogen-bond acceptors (Lipinski definition) is 9. The lowest BCUT2D eigenvalue weighted by molar-refractivity contribution is -0.384. The van der Waals surface area contributed by atoms with Crippen LogP contribution in [0.25, 0.3) is 55.7 Å². The van der Waals surface area contributed by atoms with Crippen LogP contribution in [-0.2, 0) is 0 Å². The van der Waals surface area contributed by atoms with Crippen molar-refractivity contribution in [3.05, 3.63) is 172 Å². The van der Waals surface area contributed by atoms with E-state index in [9.17, 15) is 29.3 Å². The molecule has 62 heavy (non-hydrogen) atoms. The molecule has 0 aliphatic carbocycles. The maximum absolute atomic E-state index is 12.3. The second kappa shape index (κ2) is 18.2. The molecule has 8 rings (SSSR count). The van der Waals surface area contributed by atoms with Crippen LogP contribution < -0.4 is 16.4 Å². The van der Waals surface area contributed by atoms with E-state index in [2.05, 4.69) is 15.7 Å². The van der Waals surface area contributed by atoms with E-state index in [1.54, 1.807) is 88.2 Å². The molecule has 0 aliphatic heterocycles. The van der Waals surface area contributed by atoms with Gasteiger partial charge in [0.2, 0.25) is 5.91 Å². The number of carboxylic acid groups (broad SMARTS) is 2. The van der Waals surface area contributed by atoms with Crippen LogP contribution in [0.2, 0.25) is 0 Å². The minimum Gasteiger partial charge on any atom is -0.478 e. The Morgan fingerprint density at radius 2 is 1.11 bits per heavy atom. The second-order valence-electron chi connectivity index (χ2n) is 13.9. The molecule has 310 valence electrons. The number of aromatic carboxylic acids is 2. The third kappa shape index (κ3) is 8.90. The molecule has 16 heteroatoms. The number of carbonyl (C=O) groups excluding carboxylic acids is 2. The first kappa shape index (κ1) is 41.7. The van der Waals surface area contributed by atoms with Gasteiger partial charge in [0.25, 0.3) is 11.6 Å². The first-order valence-electron chi connectivity index (χ1n) is 19.2. The predicted octanol–water partition coefficient (Wildman–Crippen LogP) is 7.13. The summed E-state index contributed by atoms with van der Waals surface area (Å²) < 4.78 is 3.39. The summed E-state index contributed by atoms with van der Waals surface area (Å²) in [7, 11) is 1.89. The molecule has 0 radical (unpaired) electrons. The van der Waals surface area contributed by atoms with Gasteiger partial charge in [0.1, 0.15) is 11.4 Å². The van der Waals surface area contributed by atoms with Crippen molar-refractivity contribution in [2.75, 3.05) is 20.1 Å². The number of amides is 2. The predicted molar refractivity (Wildman–Crippen MR) is 233 cm³/mol. The van der Waals surface area contributed by atoms with Crippen molar-refractivity contribution < 1.29 is 34.3 Å². The van der Waals surface area contributed by atoms with Crippen molar-refractivity contribution in [3.63, 3.8) is 0 Å². The number of nitrogens with one attached hydrogen (secondary N) is 2. The lowest BCUT2D eigenvalue weighted by atomic mass is 10.1. The quantitative estimate of drug-likeness (QED) is 0.0445. The SMILES string of the molecule is CNCCCNC(=O)c1ccc(-c2nn(-c3ccc(C(=O)O)cc3)c3ccccc23)cc1.NC(=O)c1ccc(-c2nn(-c3ccc(C(=O)O)cc3)c3ccc([N+](=O)[O-])cc23)cc1. The number of nitro groups is 1. The molecule has 8 aromatic rings. The number of aromatic nitrogens is 4. The maximum atomic E-state index is 12.3. The first-order chi connectivity index (χ1) is 29.9. The Kier molecular flexibility index (Phi) is 12.2. The molecule has 6 N–H and O–H groups in total. The van der Waals surface area contributed by atoms with Crippen molar-refractivity contribution in [1.82, 2.24) is 30.2 Å². The average molecular weight is 831 g/mol. The lowest BCUT2D eigenvalue weighted by Gasteiger charge is -2.06. The highest BCUT2D eigenvalue weighted by Crippen LogP contribution is 2.33. The summed E-state index contributed by atoms with van der Waals surface area (Å²) in [6, 6.07) is 38.9. The monoisotopic (exact) mass is 830 g/mol. The van der Waals surface area contributed by atoms with E-state index in [1.807, 2.05) is 43.4 Å². The van der Waals surface area contributed by atoms with E-state index in [-0.39, 0.29) is 22.7 Å². The highest BCUT2D eigenvalue weighted by molar-refractivity contribution is 5.99. The second-order valence-corrected chi connectivity index (χ2v) is 13.9. The van der Waals surface area contributed by atoms with Gasteiger partial charge >= 0.3 is 11.9 Å². The summed E-state index contributed by atoms with van der Waals surface area (Å²) in [5.74, 6) is -2.67. The topological polar surface area (TPSA) is 238 Å². The van der Waals surface area contributed by atoms with Crippen LogP contribution in [0.5, 0.6) is 0 Å². The van der Waals surface area contributed by atoms with Gasteiger partial charge in [-0.2, -0.15) is 10.2 Å². The minimum atomic E-state index is -1.04. The van der Waals surface area contributed by atoms with Gasteiger partial charge in [-0.15, -0.1) is 0 Å². The minimum absolute atomic E-state index is 0.0849. The average Bonchev–Trinajstić information content (AvgIpc) is 3.87. The summed E-state index contributed by atoms with van der Waals surface area (Å²) in [5.41, 5.74) is 12.2. The van der Waals surface area contributed by atoms with Crippen LogP contribution in [0.4, 0.5) is 5.69 Å². The number of primary amides is 1. The number of benzene rings is 6. The normalized spacial score (nSPS) is 10.9. The summed E-state index contributed by atoms with van der Waals surface area (Å²) in [6.07, 6.45) is 0.872. The van der Waals surface area contributed by atoms with Gasteiger partial charge in [0, 0.05) is 51.7 Å². The molecule has 0 fully saturated rings. The van der Waals surface area contributed by atoms with Crippen molar-refractivity contribution in [2.45, 2.75) is 6.42 Å². The van der Waals surface area contributed by atoms with Gasteiger partial charge in [0.05, 0.1) is 38.5 Å². The van der Waals surface area contributed by atoms with E-state index >= 15 is 0 Å². The van der Waals surface area contributed by atoms with Crippen molar-refractivity contribution in [1.29, 1.82) is 0 Å².